The Labute approximate surface area is 339 Å². The van der Waals surface area contributed by atoms with Crippen LogP contribution in [0.2, 0.25) is 0 Å². The van der Waals surface area contributed by atoms with Crippen molar-refractivity contribution in [2.45, 2.75) is 6.42 Å². The SMILES string of the molecule is c1ccc(-n2c(-c3ccc(N4c5ccccc5Cc5ccccc54)cc3)nc3cc4sc(-c5ccc(N6c7ccccc7Oc7ccccc76)cc5)nc4cc32)cc1. The Bertz CT molecular complexity index is 3100. The van der Waals surface area contributed by atoms with E-state index in [0.717, 1.165) is 89.6 Å². The quantitative estimate of drug-likeness (QED) is 0.175. The van der Waals surface area contributed by atoms with Crippen LogP contribution in [-0.2, 0) is 6.42 Å². The van der Waals surface area contributed by atoms with Crippen molar-refractivity contribution in [3.8, 4) is 39.1 Å². The second-order valence-electron chi connectivity index (χ2n) is 14.7. The van der Waals surface area contributed by atoms with Gasteiger partial charge in [0, 0.05) is 46.0 Å². The van der Waals surface area contributed by atoms with Gasteiger partial charge < -0.3 is 14.5 Å². The lowest BCUT2D eigenvalue weighted by molar-refractivity contribution is 0.477. The van der Waals surface area contributed by atoms with Crippen LogP contribution in [0.15, 0.2) is 188 Å². The van der Waals surface area contributed by atoms with Crippen molar-refractivity contribution in [2.75, 3.05) is 9.80 Å². The second kappa shape index (κ2) is 13.0. The molecule has 10 aromatic rings. The molecule has 4 heterocycles. The summed E-state index contributed by atoms with van der Waals surface area (Å²) in [6.07, 6.45) is 0.932. The van der Waals surface area contributed by atoms with Crippen LogP contribution in [0.5, 0.6) is 11.5 Å². The Kier molecular flexibility index (Phi) is 7.36. The first-order valence-electron chi connectivity index (χ1n) is 19.4. The average Bonchev–Trinajstić information content (AvgIpc) is 3.88. The van der Waals surface area contributed by atoms with Gasteiger partial charge in [0.15, 0.2) is 11.5 Å². The van der Waals surface area contributed by atoms with E-state index in [0.29, 0.717) is 0 Å². The minimum atomic E-state index is 0.839. The maximum atomic E-state index is 6.24. The third-order valence-electron chi connectivity index (χ3n) is 11.2. The second-order valence-corrected chi connectivity index (χ2v) is 15.7. The fourth-order valence-corrected chi connectivity index (χ4v) is 9.51. The molecule has 0 aliphatic carbocycles. The molecule has 6 nitrogen and oxygen atoms in total. The predicted octanol–water partition coefficient (Wildman–Crippen LogP) is 13.9. The maximum absolute atomic E-state index is 6.24. The number of anilines is 6. The molecule has 12 rings (SSSR count). The molecule has 0 atom stereocenters. The molecule has 0 radical (unpaired) electrons. The molecule has 0 N–H and O–H groups in total. The highest BCUT2D eigenvalue weighted by Gasteiger charge is 2.26. The van der Waals surface area contributed by atoms with E-state index in [9.17, 15) is 0 Å². The number of aromatic nitrogens is 3. The zero-order valence-corrected chi connectivity index (χ0v) is 32.0. The molecule has 2 aliphatic rings. The van der Waals surface area contributed by atoms with Gasteiger partial charge in [-0.1, -0.05) is 78.9 Å². The molecule has 0 fully saturated rings. The fourth-order valence-electron chi connectivity index (χ4n) is 8.52. The number of thiazole rings is 1. The van der Waals surface area contributed by atoms with Gasteiger partial charge in [-0.2, -0.15) is 0 Å². The lowest BCUT2D eigenvalue weighted by Crippen LogP contribution is -2.18. The molecule has 7 heteroatoms. The summed E-state index contributed by atoms with van der Waals surface area (Å²) in [5, 5.41) is 0.972. The van der Waals surface area contributed by atoms with Crippen LogP contribution in [-0.4, -0.2) is 14.5 Å². The summed E-state index contributed by atoms with van der Waals surface area (Å²) >= 11 is 1.70. The number of hydrogen-bond donors (Lipinski definition) is 0. The highest BCUT2D eigenvalue weighted by atomic mass is 32.1. The molecule has 58 heavy (non-hydrogen) atoms. The molecular weight excluding hydrogens is 731 g/mol. The van der Waals surface area contributed by atoms with Gasteiger partial charge in [0.2, 0.25) is 0 Å². The summed E-state index contributed by atoms with van der Waals surface area (Å²) in [6.45, 7) is 0. The summed E-state index contributed by atoms with van der Waals surface area (Å²) < 4.78 is 9.61. The minimum absolute atomic E-state index is 0.839. The van der Waals surface area contributed by atoms with Gasteiger partial charge in [-0.3, -0.25) is 4.57 Å². The van der Waals surface area contributed by atoms with Crippen LogP contribution in [0.1, 0.15) is 11.1 Å². The van der Waals surface area contributed by atoms with Crippen LogP contribution < -0.4 is 14.5 Å². The zero-order valence-electron chi connectivity index (χ0n) is 31.2. The van der Waals surface area contributed by atoms with E-state index in [2.05, 4.69) is 166 Å². The number of benzene rings is 8. The number of imidazole rings is 1. The molecule has 2 aromatic heterocycles. The average molecular weight is 764 g/mol. The van der Waals surface area contributed by atoms with Crippen LogP contribution >= 0.6 is 11.3 Å². The maximum Gasteiger partial charge on any atom is 0.151 e. The largest absolute Gasteiger partial charge is 0.453 e. The Morgan fingerprint density at radius 2 is 0.983 bits per heavy atom. The van der Waals surface area contributed by atoms with Gasteiger partial charge in [0.25, 0.3) is 0 Å². The van der Waals surface area contributed by atoms with Crippen molar-refractivity contribution >= 4 is 66.7 Å². The van der Waals surface area contributed by atoms with Crippen molar-refractivity contribution in [1.29, 1.82) is 0 Å². The van der Waals surface area contributed by atoms with Gasteiger partial charge >= 0.3 is 0 Å². The molecule has 0 unspecified atom stereocenters. The van der Waals surface area contributed by atoms with E-state index in [1.165, 1.54) is 22.5 Å². The third-order valence-corrected chi connectivity index (χ3v) is 12.3. The lowest BCUT2D eigenvalue weighted by Gasteiger charge is -2.33. The van der Waals surface area contributed by atoms with Crippen molar-refractivity contribution < 1.29 is 4.74 Å². The molecule has 0 spiro atoms. The van der Waals surface area contributed by atoms with Crippen LogP contribution in [0.3, 0.4) is 0 Å². The highest BCUT2D eigenvalue weighted by molar-refractivity contribution is 7.21. The van der Waals surface area contributed by atoms with E-state index >= 15 is 0 Å². The first kappa shape index (κ1) is 32.7. The number of hydrogen-bond acceptors (Lipinski definition) is 6. The van der Waals surface area contributed by atoms with Crippen molar-refractivity contribution in [3.05, 3.63) is 199 Å². The monoisotopic (exact) mass is 763 g/mol. The fraction of sp³-hybridized carbons (Fsp3) is 0.0196. The molecule has 0 saturated carbocycles. The highest BCUT2D eigenvalue weighted by Crippen LogP contribution is 2.50. The summed E-state index contributed by atoms with van der Waals surface area (Å²) in [6, 6.07) is 66.2. The van der Waals surface area contributed by atoms with E-state index in [-0.39, 0.29) is 0 Å². The van der Waals surface area contributed by atoms with E-state index in [1.807, 2.05) is 36.4 Å². The Morgan fingerprint density at radius 3 is 1.62 bits per heavy atom. The molecule has 2 aliphatic heterocycles. The van der Waals surface area contributed by atoms with Crippen LogP contribution in [0.25, 0.3) is 48.9 Å². The van der Waals surface area contributed by atoms with Gasteiger partial charge in [0.05, 0.1) is 32.6 Å². The molecule has 0 saturated heterocycles. The first-order chi connectivity index (χ1) is 28.7. The van der Waals surface area contributed by atoms with Gasteiger partial charge in [-0.25, -0.2) is 9.97 Å². The number of rotatable bonds is 5. The van der Waals surface area contributed by atoms with Crippen molar-refractivity contribution in [1.82, 2.24) is 14.5 Å². The predicted molar refractivity (Wildman–Crippen MR) is 237 cm³/mol. The third kappa shape index (κ3) is 5.25. The van der Waals surface area contributed by atoms with E-state index < -0.39 is 0 Å². The van der Waals surface area contributed by atoms with Gasteiger partial charge in [-0.05, 0) is 120 Å². The molecule has 0 bridgehead atoms. The Balaban J connectivity index is 0.915. The minimum Gasteiger partial charge on any atom is -0.453 e. The molecule has 274 valence electrons. The number of nitrogens with zero attached hydrogens (tertiary/aromatic N) is 5. The molecular formula is C51H33N5OS. The zero-order chi connectivity index (χ0) is 38.2. The number of ether oxygens (including phenoxy) is 1. The standard InChI is InChI=1S/C51H33N5OS/c1-2-14-37(15-3-1)56-46-31-41-49(58-51(53-41)34-24-28-39(29-25-34)55-44-18-8-10-20-47(44)57-48-21-11-9-19-45(48)55)32-40(46)52-50(56)33-22-26-38(27-23-33)54-42-16-6-4-12-35(42)30-36-13-5-7-17-43(36)54/h1-29,31-32H,30H2. The first-order valence-corrected chi connectivity index (χ1v) is 20.3. The smallest absolute Gasteiger partial charge is 0.151 e. The normalized spacial score (nSPS) is 12.8. The van der Waals surface area contributed by atoms with Crippen LogP contribution in [0, 0.1) is 0 Å². The summed E-state index contributed by atoms with van der Waals surface area (Å²) in [7, 11) is 0. The number of fused-ring (bicyclic) bond motifs is 6. The summed E-state index contributed by atoms with van der Waals surface area (Å²) in [5.74, 6) is 2.57. The van der Waals surface area contributed by atoms with Crippen LogP contribution in [0.4, 0.5) is 34.1 Å². The van der Waals surface area contributed by atoms with E-state index in [1.54, 1.807) is 11.3 Å². The summed E-state index contributed by atoms with van der Waals surface area (Å²) in [5.41, 5.74) is 15.4. The van der Waals surface area contributed by atoms with E-state index in [4.69, 9.17) is 14.7 Å². The Hall–Kier alpha value is -7.48. The summed E-state index contributed by atoms with van der Waals surface area (Å²) in [4.78, 5) is 15.2. The Morgan fingerprint density at radius 1 is 0.448 bits per heavy atom. The van der Waals surface area contributed by atoms with Crippen molar-refractivity contribution in [3.63, 3.8) is 0 Å². The molecule has 8 aromatic carbocycles. The van der Waals surface area contributed by atoms with Gasteiger partial charge in [-0.15, -0.1) is 11.3 Å². The molecule has 0 amide bonds. The van der Waals surface area contributed by atoms with Crippen molar-refractivity contribution in [2.24, 2.45) is 0 Å². The topological polar surface area (TPSA) is 46.4 Å². The lowest BCUT2D eigenvalue weighted by atomic mass is 9.95. The number of para-hydroxylation sites is 7. The van der Waals surface area contributed by atoms with Gasteiger partial charge in [0.1, 0.15) is 10.8 Å².